The topological polar surface area (TPSA) is 122 Å². The van der Waals surface area contributed by atoms with Gasteiger partial charge in [0.1, 0.15) is 24.2 Å². The van der Waals surface area contributed by atoms with Gasteiger partial charge in [-0.25, -0.2) is 4.98 Å². The zero-order chi connectivity index (χ0) is 23.5. The van der Waals surface area contributed by atoms with E-state index in [4.69, 9.17) is 10.5 Å². The highest BCUT2D eigenvalue weighted by Gasteiger charge is 2.21. The third-order valence-electron chi connectivity index (χ3n) is 5.72. The van der Waals surface area contributed by atoms with E-state index in [0.717, 1.165) is 33.3 Å². The number of fused-ring (bicyclic) bond motifs is 9. The number of benzene rings is 3. The molecule has 0 saturated heterocycles. The number of nitrogens with one attached hydrogen (secondary N) is 3. The second-order valence-electron chi connectivity index (χ2n) is 8.17. The lowest BCUT2D eigenvalue weighted by molar-refractivity contribution is -0.122. The van der Waals surface area contributed by atoms with Crippen LogP contribution in [-0.4, -0.2) is 28.8 Å². The van der Waals surface area contributed by atoms with Crippen molar-refractivity contribution in [3.63, 3.8) is 0 Å². The van der Waals surface area contributed by atoms with Gasteiger partial charge in [0, 0.05) is 29.5 Å². The number of aliphatic hydroxyl groups excluding tert-OH is 1. The summed E-state index contributed by atoms with van der Waals surface area (Å²) in [5, 5.41) is 21.4. The Hall–Kier alpha value is -4.30. The number of nitrogen functional groups attached to an aromatic ring is 1. The first kappa shape index (κ1) is 21.5. The highest BCUT2D eigenvalue weighted by atomic mass is 16.5. The Balaban J connectivity index is 1.47. The van der Waals surface area contributed by atoms with Crippen molar-refractivity contribution >= 4 is 33.9 Å². The molecule has 1 amide bonds. The second kappa shape index (κ2) is 9.29. The van der Waals surface area contributed by atoms with Gasteiger partial charge in [-0.3, -0.25) is 4.79 Å². The van der Waals surface area contributed by atoms with Gasteiger partial charge in [0.25, 0.3) is 0 Å². The Morgan fingerprint density at radius 2 is 1.91 bits per heavy atom. The van der Waals surface area contributed by atoms with E-state index < -0.39 is 12.3 Å². The summed E-state index contributed by atoms with van der Waals surface area (Å²) in [5.74, 6) is 0.894. The molecule has 172 valence electrons. The van der Waals surface area contributed by atoms with Crippen molar-refractivity contribution in [3.05, 3.63) is 90.1 Å². The van der Waals surface area contributed by atoms with Crippen LogP contribution in [0.1, 0.15) is 17.2 Å². The largest absolute Gasteiger partial charge is 0.489 e. The van der Waals surface area contributed by atoms with E-state index in [1.807, 2.05) is 60.7 Å². The molecule has 2 aliphatic heterocycles. The van der Waals surface area contributed by atoms with Gasteiger partial charge < -0.3 is 31.5 Å². The van der Waals surface area contributed by atoms with Crippen molar-refractivity contribution in [2.24, 2.45) is 0 Å². The van der Waals surface area contributed by atoms with Crippen LogP contribution in [0.3, 0.4) is 0 Å². The van der Waals surface area contributed by atoms with Crippen molar-refractivity contribution in [1.29, 1.82) is 0 Å². The van der Waals surface area contributed by atoms with Crippen LogP contribution in [-0.2, 0) is 11.3 Å². The zero-order valence-electron chi connectivity index (χ0n) is 18.4. The molecule has 8 nitrogen and oxygen atoms in total. The average Bonchev–Trinajstić information content (AvgIpc) is 2.85. The number of rotatable bonds is 2. The van der Waals surface area contributed by atoms with E-state index in [2.05, 4.69) is 20.9 Å². The summed E-state index contributed by atoms with van der Waals surface area (Å²) in [5.41, 5.74) is 9.19. The molecule has 4 aromatic rings. The molecule has 1 aromatic heterocycles. The number of aliphatic hydroxyl groups is 1. The van der Waals surface area contributed by atoms with E-state index in [1.165, 1.54) is 0 Å². The van der Waals surface area contributed by atoms with Crippen molar-refractivity contribution in [2.75, 3.05) is 23.0 Å². The van der Waals surface area contributed by atoms with Crippen LogP contribution >= 0.6 is 0 Å². The maximum atomic E-state index is 13.3. The minimum atomic E-state index is -0.874. The average molecular weight is 456 g/mol. The number of hydrogen-bond acceptors (Lipinski definition) is 7. The Morgan fingerprint density at radius 1 is 1.06 bits per heavy atom. The van der Waals surface area contributed by atoms with Gasteiger partial charge in [-0.2, -0.15) is 0 Å². The SMILES string of the molecule is Nc1nccc2cc(NC3C(=O)NCc4cccc(c4)NC(O)COc4ccc3cc4)ccc12. The Morgan fingerprint density at radius 3 is 2.76 bits per heavy atom. The lowest BCUT2D eigenvalue weighted by Gasteiger charge is -2.21. The molecule has 6 N–H and O–H groups in total. The first-order valence-corrected chi connectivity index (χ1v) is 11.0. The van der Waals surface area contributed by atoms with Gasteiger partial charge >= 0.3 is 0 Å². The highest BCUT2D eigenvalue weighted by molar-refractivity contribution is 5.94. The fraction of sp³-hybridized carbons (Fsp3) is 0.154. The van der Waals surface area contributed by atoms with E-state index >= 15 is 0 Å². The van der Waals surface area contributed by atoms with E-state index in [1.54, 1.807) is 18.3 Å². The molecule has 0 spiro atoms. The Labute approximate surface area is 196 Å². The molecule has 2 aliphatic rings. The van der Waals surface area contributed by atoms with Gasteiger partial charge in [-0.05, 0) is 65.0 Å². The van der Waals surface area contributed by atoms with Crippen molar-refractivity contribution < 1.29 is 14.6 Å². The van der Waals surface area contributed by atoms with Gasteiger partial charge in [-0.15, -0.1) is 0 Å². The van der Waals surface area contributed by atoms with Crippen LogP contribution in [0.25, 0.3) is 10.8 Å². The van der Waals surface area contributed by atoms with Crippen LogP contribution in [0.4, 0.5) is 17.2 Å². The molecule has 3 aromatic carbocycles. The fourth-order valence-corrected chi connectivity index (χ4v) is 3.99. The van der Waals surface area contributed by atoms with Crippen LogP contribution in [0.2, 0.25) is 0 Å². The normalized spacial score (nSPS) is 18.2. The van der Waals surface area contributed by atoms with E-state index in [-0.39, 0.29) is 12.5 Å². The molecule has 4 bridgehead atoms. The van der Waals surface area contributed by atoms with Crippen LogP contribution in [0, 0.1) is 0 Å². The van der Waals surface area contributed by atoms with Crippen molar-refractivity contribution in [1.82, 2.24) is 10.3 Å². The number of carbonyl (C=O) groups excluding carboxylic acids is 1. The molecule has 2 atom stereocenters. The van der Waals surface area contributed by atoms with Gasteiger partial charge in [0.15, 0.2) is 6.23 Å². The van der Waals surface area contributed by atoms with Gasteiger partial charge in [0.2, 0.25) is 5.91 Å². The monoisotopic (exact) mass is 455 g/mol. The first-order valence-electron chi connectivity index (χ1n) is 11.0. The number of anilines is 3. The number of amides is 1. The summed E-state index contributed by atoms with van der Waals surface area (Å²) >= 11 is 0. The smallest absolute Gasteiger partial charge is 0.247 e. The summed E-state index contributed by atoms with van der Waals surface area (Å²) in [7, 11) is 0. The van der Waals surface area contributed by atoms with E-state index in [0.29, 0.717) is 18.1 Å². The molecule has 2 unspecified atom stereocenters. The number of ether oxygens (including phenoxy) is 1. The molecular formula is C26H25N5O3. The summed E-state index contributed by atoms with van der Waals surface area (Å²) in [6.45, 7) is 0.425. The molecule has 6 rings (SSSR count). The maximum absolute atomic E-state index is 13.3. The van der Waals surface area contributed by atoms with Crippen LogP contribution in [0.15, 0.2) is 79.0 Å². The number of hydrogen-bond donors (Lipinski definition) is 5. The number of aromatic nitrogens is 1. The lowest BCUT2D eigenvalue weighted by atomic mass is 10.0. The lowest BCUT2D eigenvalue weighted by Crippen LogP contribution is -2.33. The molecule has 0 radical (unpaired) electrons. The predicted molar refractivity (Wildman–Crippen MR) is 132 cm³/mol. The molecule has 0 fully saturated rings. The van der Waals surface area contributed by atoms with Crippen LogP contribution in [0.5, 0.6) is 5.75 Å². The minimum Gasteiger partial charge on any atom is -0.489 e. The molecule has 0 aliphatic carbocycles. The summed E-state index contributed by atoms with van der Waals surface area (Å²) in [6, 6.07) is 21.8. The van der Waals surface area contributed by atoms with E-state index in [9.17, 15) is 9.90 Å². The second-order valence-corrected chi connectivity index (χ2v) is 8.17. The summed E-state index contributed by atoms with van der Waals surface area (Å²) in [6.07, 6.45) is 0.790. The first-order chi connectivity index (χ1) is 16.5. The number of carbonyl (C=O) groups is 1. The Kier molecular flexibility index (Phi) is 5.88. The minimum absolute atomic E-state index is 0.0809. The maximum Gasteiger partial charge on any atom is 0.247 e. The summed E-state index contributed by atoms with van der Waals surface area (Å²) < 4.78 is 5.71. The quantitative estimate of drug-likeness (QED) is 0.314. The third kappa shape index (κ3) is 4.72. The standard InChI is InChI=1S/C26H25N5O3/c27-25-22-9-6-20(13-18(22)10-11-28-25)31-24-17-4-7-21(8-5-17)34-15-23(32)30-19-3-1-2-16(12-19)14-29-26(24)33/h1-13,23-24,30-32H,14-15H2,(H2,27,28)(H,29,33). The Bertz CT molecular complexity index is 1330. The van der Waals surface area contributed by atoms with Crippen molar-refractivity contribution in [2.45, 2.75) is 18.8 Å². The predicted octanol–water partition coefficient (Wildman–Crippen LogP) is 3.41. The third-order valence-corrected chi connectivity index (χ3v) is 5.72. The molecule has 34 heavy (non-hydrogen) atoms. The molecular weight excluding hydrogens is 430 g/mol. The highest BCUT2D eigenvalue weighted by Crippen LogP contribution is 2.27. The number of pyridine rings is 1. The van der Waals surface area contributed by atoms with Gasteiger partial charge in [0.05, 0.1) is 0 Å². The molecule has 0 saturated carbocycles. The molecule has 3 heterocycles. The van der Waals surface area contributed by atoms with Gasteiger partial charge in [-0.1, -0.05) is 24.3 Å². The number of nitrogens with zero attached hydrogens (tertiary/aromatic N) is 1. The van der Waals surface area contributed by atoms with Crippen LogP contribution < -0.4 is 26.4 Å². The molecule has 8 heteroatoms. The fourth-order valence-electron chi connectivity index (χ4n) is 3.99. The summed E-state index contributed by atoms with van der Waals surface area (Å²) in [4.78, 5) is 17.4. The van der Waals surface area contributed by atoms with Crippen molar-refractivity contribution in [3.8, 4) is 5.75 Å². The number of nitrogens with two attached hydrogens (primary N) is 1. The zero-order valence-corrected chi connectivity index (χ0v) is 18.4.